The van der Waals surface area contributed by atoms with Crippen molar-refractivity contribution in [2.45, 2.75) is 26.2 Å². The van der Waals surface area contributed by atoms with Crippen molar-refractivity contribution in [3.05, 3.63) is 34.9 Å². The number of fused-ring (bicyclic) bond motifs is 1. The summed E-state index contributed by atoms with van der Waals surface area (Å²) in [5.74, 6) is 0.448. The zero-order valence-corrected chi connectivity index (χ0v) is 9.45. The van der Waals surface area contributed by atoms with Crippen LogP contribution in [0.15, 0.2) is 23.3 Å². The number of urea groups is 1. The summed E-state index contributed by atoms with van der Waals surface area (Å²) in [6.45, 7) is 4.20. The summed E-state index contributed by atoms with van der Waals surface area (Å²) in [4.78, 5) is 10.6. The fourth-order valence-corrected chi connectivity index (χ4v) is 2.09. The van der Waals surface area contributed by atoms with Crippen LogP contribution in [0.2, 0.25) is 0 Å². The van der Waals surface area contributed by atoms with Gasteiger partial charge in [0.2, 0.25) is 0 Å². The molecule has 4 heteroatoms. The van der Waals surface area contributed by atoms with Crippen LogP contribution in [0.1, 0.15) is 36.0 Å². The highest BCUT2D eigenvalue weighted by molar-refractivity contribution is 6.05. The van der Waals surface area contributed by atoms with Gasteiger partial charge in [-0.2, -0.15) is 5.10 Å². The highest BCUT2D eigenvalue weighted by Gasteiger charge is 2.24. The van der Waals surface area contributed by atoms with Crippen LogP contribution in [-0.4, -0.2) is 11.7 Å². The summed E-state index contributed by atoms with van der Waals surface area (Å²) in [6, 6.07) is 5.70. The lowest BCUT2D eigenvalue weighted by atomic mass is 10.0. The number of hydrazone groups is 1. The molecule has 1 aliphatic carbocycles. The molecule has 0 aliphatic heterocycles. The maximum absolute atomic E-state index is 10.6. The molecule has 3 N–H and O–H groups in total. The van der Waals surface area contributed by atoms with Gasteiger partial charge in [-0.3, -0.25) is 0 Å². The Morgan fingerprint density at radius 3 is 3.00 bits per heavy atom. The average molecular weight is 217 g/mol. The molecule has 2 rings (SSSR count). The molecule has 1 aliphatic rings. The van der Waals surface area contributed by atoms with Gasteiger partial charge in [-0.25, -0.2) is 10.2 Å². The molecule has 1 aromatic carbocycles. The molecule has 4 nitrogen and oxygen atoms in total. The minimum absolute atomic E-state index is 0.448. The van der Waals surface area contributed by atoms with Crippen molar-refractivity contribution in [2.24, 2.45) is 10.8 Å². The van der Waals surface area contributed by atoms with E-state index < -0.39 is 6.03 Å². The third-order valence-electron chi connectivity index (χ3n) is 2.85. The Kier molecular flexibility index (Phi) is 2.64. The third-order valence-corrected chi connectivity index (χ3v) is 2.85. The van der Waals surface area contributed by atoms with E-state index in [1.165, 1.54) is 11.1 Å². The number of carbonyl (C=O) groups is 1. The Morgan fingerprint density at radius 2 is 2.31 bits per heavy atom. The van der Waals surface area contributed by atoms with Gasteiger partial charge in [-0.15, -0.1) is 0 Å². The van der Waals surface area contributed by atoms with Gasteiger partial charge in [-0.05, 0) is 30.9 Å². The fraction of sp³-hybridized carbons (Fsp3) is 0.333. The lowest BCUT2D eigenvalue weighted by molar-refractivity contribution is 0.249. The number of nitrogens with one attached hydrogen (secondary N) is 1. The topological polar surface area (TPSA) is 67.5 Å². The van der Waals surface area contributed by atoms with Crippen LogP contribution in [0.25, 0.3) is 0 Å². The van der Waals surface area contributed by atoms with E-state index >= 15 is 0 Å². The molecule has 0 saturated heterocycles. The average Bonchev–Trinajstić information content (AvgIpc) is 2.52. The number of carbonyl (C=O) groups excluding carboxylic acids is 1. The van der Waals surface area contributed by atoms with Crippen molar-refractivity contribution in [1.82, 2.24) is 5.43 Å². The molecule has 1 atom stereocenters. The van der Waals surface area contributed by atoms with Crippen molar-refractivity contribution in [2.75, 3.05) is 0 Å². The summed E-state index contributed by atoms with van der Waals surface area (Å²) in [7, 11) is 0. The van der Waals surface area contributed by atoms with Gasteiger partial charge in [0.1, 0.15) is 0 Å². The van der Waals surface area contributed by atoms with Gasteiger partial charge in [-0.1, -0.05) is 24.6 Å². The van der Waals surface area contributed by atoms with Crippen molar-refractivity contribution >= 4 is 11.7 Å². The van der Waals surface area contributed by atoms with Gasteiger partial charge >= 0.3 is 6.03 Å². The van der Waals surface area contributed by atoms with E-state index in [2.05, 4.69) is 35.7 Å². The second kappa shape index (κ2) is 3.96. The summed E-state index contributed by atoms with van der Waals surface area (Å²) in [5.41, 5.74) is 11.8. The number of hydrogen-bond acceptors (Lipinski definition) is 2. The van der Waals surface area contributed by atoms with Gasteiger partial charge < -0.3 is 5.73 Å². The number of hydrogen-bond donors (Lipinski definition) is 2. The van der Waals surface area contributed by atoms with Crippen molar-refractivity contribution in [3.8, 4) is 0 Å². The van der Waals surface area contributed by atoms with Gasteiger partial charge in [0, 0.05) is 5.56 Å². The fourth-order valence-electron chi connectivity index (χ4n) is 2.09. The van der Waals surface area contributed by atoms with Crippen LogP contribution in [0, 0.1) is 6.92 Å². The van der Waals surface area contributed by atoms with Crippen LogP contribution >= 0.6 is 0 Å². The summed E-state index contributed by atoms with van der Waals surface area (Å²) >= 11 is 0. The summed E-state index contributed by atoms with van der Waals surface area (Å²) in [5, 5.41) is 4.05. The van der Waals surface area contributed by atoms with E-state index in [1.807, 2.05) is 6.92 Å². The molecule has 0 heterocycles. The van der Waals surface area contributed by atoms with Crippen LogP contribution < -0.4 is 11.2 Å². The molecule has 1 aromatic rings. The number of aryl methyl sites for hydroxylation is 1. The molecule has 0 unspecified atom stereocenters. The van der Waals surface area contributed by atoms with Crippen LogP contribution in [0.4, 0.5) is 4.79 Å². The maximum Gasteiger partial charge on any atom is 0.332 e. The summed E-state index contributed by atoms with van der Waals surface area (Å²) in [6.07, 6.45) is 0.846. The number of nitrogens with two attached hydrogens (primary N) is 1. The Morgan fingerprint density at radius 1 is 1.56 bits per heavy atom. The van der Waals surface area contributed by atoms with Crippen LogP contribution in [0.3, 0.4) is 0 Å². The first kappa shape index (κ1) is 10.7. The predicted octanol–water partition coefficient (Wildman–Crippen LogP) is 1.87. The number of amides is 2. The Bertz CT molecular complexity index is 465. The molecular weight excluding hydrogens is 202 g/mol. The van der Waals surface area contributed by atoms with Gasteiger partial charge in [0.15, 0.2) is 0 Å². The van der Waals surface area contributed by atoms with Crippen molar-refractivity contribution < 1.29 is 4.79 Å². The molecule has 0 spiro atoms. The normalized spacial score (nSPS) is 20.9. The second-order valence-electron chi connectivity index (χ2n) is 4.23. The van der Waals surface area contributed by atoms with Crippen molar-refractivity contribution in [1.29, 1.82) is 0 Å². The molecule has 0 bridgehead atoms. The smallest absolute Gasteiger partial charge is 0.332 e. The minimum Gasteiger partial charge on any atom is -0.350 e. The van der Waals surface area contributed by atoms with E-state index in [4.69, 9.17) is 5.73 Å². The molecule has 0 fully saturated rings. The lowest BCUT2D eigenvalue weighted by Crippen LogP contribution is -2.25. The number of benzene rings is 1. The largest absolute Gasteiger partial charge is 0.350 e. The number of primary amides is 1. The highest BCUT2D eigenvalue weighted by Crippen LogP contribution is 2.33. The first-order chi connectivity index (χ1) is 7.58. The number of rotatable bonds is 1. The predicted molar refractivity (Wildman–Crippen MR) is 63.5 cm³/mol. The van der Waals surface area contributed by atoms with Crippen LogP contribution in [0.5, 0.6) is 0 Å². The second-order valence-corrected chi connectivity index (χ2v) is 4.23. The van der Waals surface area contributed by atoms with E-state index in [9.17, 15) is 4.79 Å². The van der Waals surface area contributed by atoms with Crippen molar-refractivity contribution in [3.63, 3.8) is 0 Å². The van der Waals surface area contributed by atoms with E-state index in [1.54, 1.807) is 0 Å². The first-order valence-corrected chi connectivity index (χ1v) is 5.31. The van der Waals surface area contributed by atoms with Gasteiger partial charge in [0.05, 0.1) is 5.71 Å². The molecule has 0 aromatic heterocycles. The third kappa shape index (κ3) is 1.91. The Labute approximate surface area is 94.5 Å². The highest BCUT2D eigenvalue weighted by atomic mass is 16.2. The van der Waals surface area contributed by atoms with E-state index in [0.29, 0.717) is 5.92 Å². The zero-order chi connectivity index (χ0) is 11.7. The van der Waals surface area contributed by atoms with E-state index in [0.717, 1.165) is 17.7 Å². The monoisotopic (exact) mass is 217 g/mol. The van der Waals surface area contributed by atoms with Gasteiger partial charge in [0.25, 0.3) is 0 Å². The Balaban J connectivity index is 2.37. The molecule has 0 radical (unpaired) electrons. The van der Waals surface area contributed by atoms with E-state index in [-0.39, 0.29) is 0 Å². The maximum atomic E-state index is 10.6. The quantitative estimate of drug-likeness (QED) is 0.693. The SMILES string of the molecule is Cc1ccc2c(c1)/C(=N\NC(N)=O)C[C@H]2C. The zero-order valence-electron chi connectivity index (χ0n) is 9.45. The molecule has 0 saturated carbocycles. The number of nitrogens with zero attached hydrogens (tertiary/aromatic N) is 1. The first-order valence-electron chi connectivity index (χ1n) is 5.31. The minimum atomic E-state index is -0.624. The molecule has 84 valence electrons. The standard InChI is InChI=1S/C12H15N3O/c1-7-3-4-9-8(2)6-11(10(9)5-7)14-15-12(13)16/h3-5,8H,6H2,1-2H3,(H3,13,15,16)/b14-11-/t8-/m1/s1. The molecule has 2 amide bonds. The lowest BCUT2D eigenvalue weighted by Gasteiger charge is -2.03. The summed E-state index contributed by atoms with van der Waals surface area (Å²) < 4.78 is 0. The molecule has 16 heavy (non-hydrogen) atoms. The Hall–Kier alpha value is -1.84. The molecular formula is C12H15N3O. The van der Waals surface area contributed by atoms with Crippen LogP contribution in [-0.2, 0) is 0 Å².